The second-order valence-corrected chi connectivity index (χ2v) is 8.08. The molecule has 0 amide bonds. The molecule has 0 saturated carbocycles. The van der Waals surface area contributed by atoms with Crippen LogP contribution < -0.4 is 25.0 Å². The van der Waals surface area contributed by atoms with E-state index in [2.05, 4.69) is 75.9 Å². The SMILES string of the molecule is CN=C(NCc1ccccc1CN(C)C)NC1CCN(c2cc(OC)cc(OC)c2)C1. The van der Waals surface area contributed by atoms with Crippen LogP contribution in [0.4, 0.5) is 5.69 Å². The largest absolute Gasteiger partial charge is 0.497 e. The lowest BCUT2D eigenvalue weighted by atomic mass is 10.1. The second kappa shape index (κ2) is 10.9. The number of hydrogen-bond donors (Lipinski definition) is 2. The number of rotatable bonds is 8. The van der Waals surface area contributed by atoms with Crippen LogP contribution >= 0.6 is 0 Å². The van der Waals surface area contributed by atoms with Crippen molar-refractivity contribution < 1.29 is 9.47 Å². The molecule has 2 aromatic rings. The Morgan fingerprint density at radius 3 is 2.39 bits per heavy atom. The van der Waals surface area contributed by atoms with Crippen LogP contribution in [0, 0.1) is 0 Å². The van der Waals surface area contributed by atoms with Crippen LogP contribution in [-0.4, -0.2) is 65.4 Å². The summed E-state index contributed by atoms with van der Waals surface area (Å²) in [5.41, 5.74) is 3.73. The van der Waals surface area contributed by atoms with E-state index in [-0.39, 0.29) is 0 Å². The van der Waals surface area contributed by atoms with Gasteiger partial charge in [-0.3, -0.25) is 4.99 Å². The Morgan fingerprint density at radius 1 is 1.10 bits per heavy atom. The van der Waals surface area contributed by atoms with Gasteiger partial charge in [0.1, 0.15) is 11.5 Å². The van der Waals surface area contributed by atoms with Crippen molar-refractivity contribution >= 4 is 11.6 Å². The van der Waals surface area contributed by atoms with Gasteiger partial charge in [-0.1, -0.05) is 24.3 Å². The number of nitrogens with zero attached hydrogens (tertiary/aromatic N) is 3. The van der Waals surface area contributed by atoms with Crippen molar-refractivity contribution in [1.29, 1.82) is 0 Å². The maximum absolute atomic E-state index is 5.42. The number of guanidine groups is 1. The second-order valence-electron chi connectivity index (χ2n) is 8.08. The molecule has 1 heterocycles. The summed E-state index contributed by atoms with van der Waals surface area (Å²) < 4.78 is 10.8. The lowest BCUT2D eigenvalue weighted by molar-refractivity contribution is 0.394. The van der Waals surface area contributed by atoms with Gasteiger partial charge in [-0.25, -0.2) is 0 Å². The van der Waals surface area contributed by atoms with Crippen LogP contribution in [0.2, 0.25) is 0 Å². The van der Waals surface area contributed by atoms with Crippen molar-refractivity contribution in [3.63, 3.8) is 0 Å². The minimum absolute atomic E-state index is 0.320. The van der Waals surface area contributed by atoms with Gasteiger partial charge in [-0.05, 0) is 31.6 Å². The fraction of sp³-hybridized carbons (Fsp3) is 0.458. The van der Waals surface area contributed by atoms with Gasteiger partial charge in [0.15, 0.2) is 5.96 Å². The van der Waals surface area contributed by atoms with Crippen molar-refractivity contribution in [3.05, 3.63) is 53.6 Å². The van der Waals surface area contributed by atoms with E-state index in [0.29, 0.717) is 6.04 Å². The summed E-state index contributed by atoms with van der Waals surface area (Å²) in [6.07, 6.45) is 1.04. The Morgan fingerprint density at radius 2 is 1.77 bits per heavy atom. The Labute approximate surface area is 186 Å². The molecule has 0 aromatic heterocycles. The van der Waals surface area contributed by atoms with Gasteiger partial charge in [0.05, 0.1) is 14.2 Å². The molecule has 7 nitrogen and oxygen atoms in total. The maximum Gasteiger partial charge on any atom is 0.191 e. The van der Waals surface area contributed by atoms with E-state index >= 15 is 0 Å². The smallest absolute Gasteiger partial charge is 0.191 e. The summed E-state index contributed by atoms with van der Waals surface area (Å²) in [6, 6.07) is 14.9. The third-order valence-corrected chi connectivity index (χ3v) is 5.51. The van der Waals surface area contributed by atoms with Crippen LogP contribution in [-0.2, 0) is 13.1 Å². The molecule has 0 bridgehead atoms. The van der Waals surface area contributed by atoms with E-state index in [1.165, 1.54) is 11.1 Å². The molecule has 1 saturated heterocycles. The molecule has 0 spiro atoms. The number of ether oxygens (including phenoxy) is 2. The minimum Gasteiger partial charge on any atom is -0.497 e. The molecule has 3 rings (SSSR count). The standard InChI is InChI=1S/C24H35N5O2/c1-25-24(26-15-18-8-6-7-9-19(18)16-28(2)3)27-20-10-11-29(17-20)21-12-22(30-4)14-23(13-21)31-5/h6-9,12-14,20H,10-11,15-17H2,1-5H3,(H2,25,26,27). The van der Waals surface area contributed by atoms with Crippen LogP contribution in [0.15, 0.2) is 47.5 Å². The first-order chi connectivity index (χ1) is 15.0. The predicted octanol–water partition coefficient (Wildman–Crippen LogP) is 2.71. The highest BCUT2D eigenvalue weighted by molar-refractivity contribution is 5.80. The fourth-order valence-electron chi connectivity index (χ4n) is 3.88. The molecule has 2 N–H and O–H groups in total. The summed E-state index contributed by atoms with van der Waals surface area (Å²) in [7, 11) is 9.36. The zero-order valence-corrected chi connectivity index (χ0v) is 19.3. The number of methoxy groups -OCH3 is 2. The monoisotopic (exact) mass is 425 g/mol. The lowest BCUT2D eigenvalue weighted by Crippen LogP contribution is -2.44. The van der Waals surface area contributed by atoms with E-state index in [1.807, 2.05) is 13.1 Å². The molecule has 1 fully saturated rings. The molecule has 1 aliphatic rings. The molecule has 168 valence electrons. The molecule has 1 unspecified atom stereocenters. The van der Waals surface area contributed by atoms with E-state index < -0.39 is 0 Å². The van der Waals surface area contributed by atoms with E-state index in [9.17, 15) is 0 Å². The zero-order chi connectivity index (χ0) is 22.2. The molecule has 1 atom stereocenters. The summed E-state index contributed by atoms with van der Waals surface area (Å²) in [5.74, 6) is 2.44. The van der Waals surface area contributed by atoms with Gasteiger partial charge >= 0.3 is 0 Å². The number of nitrogens with one attached hydrogen (secondary N) is 2. The lowest BCUT2D eigenvalue weighted by Gasteiger charge is -2.22. The molecular weight excluding hydrogens is 390 g/mol. The Hall–Kier alpha value is -2.93. The van der Waals surface area contributed by atoms with Crippen LogP contribution in [0.25, 0.3) is 0 Å². The van der Waals surface area contributed by atoms with Crippen molar-refractivity contribution in [2.24, 2.45) is 4.99 Å². The van der Waals surface area contributed by atoms with E-state index in [1.54, 1.807) is 14.2 Å². The molecule has 0 radical (unpaired) electrons. The van der Waals surface area contributed by atoms with Crippen molar-refractivity contribution in [1.82, 2.24) is 15.5 Å². The van der Waals surface area contributed by atoms with Gasteiger partial charge in [0.2, 0.25) is 0 Å². The minimum atomic E-state index is 0.320. The first kappa shape index (κ1) is 22.7. The van der Waals surface area contributed by atoms with E-state index in [0.717, 1.165) is 55.7 Å². The summed E-state index contributed by atoms with van der Waals surface area (Å²) in [5, 5.41) is 7.06. The first-order valence-corrected chi connectivity index (χ1v) is 10.7. The Balaban J connectivity index is 1.58. The number of benzene rings is 2. The quantitative estimate of drug-likeness (QED) is 0.501. The Kier molecular flexibility index (Phi) is 8.00. The van der Waals surface area contributed by atoms with Gasteiger partial charge in [0, 0.05) is 63.2 Å². The average molecular weight is 426 g/mol. The van der Waals surface area contributed by atoms with Crippen molar-refractivity contribution in [3.8, 4) is 11.5 Å². The van der Waals surface area contributed by atoms with Gasteiger partial charge in [-0.15, -0.1) is 0 Å². The van der Waals surface area contributed by atoms with Crippen molar-refractivity contribution in [2.75, 3.05) is 53.4 Å². The molecule has 0 aliphatic carbocycles. The third kappa shape index (κ3) is 6.28. The van der Waals surface area contributed by atoms with Crippen LogP contribution in [0.5, 0.6) is 11.5 Å². The first-order valence-electron chi connectivity index (χ1n) is 10.7. The van der Waals surface area contributed by atoms with Crippen molar-refractivity contribution in [2.45, 2.75) is 25.6 Å². The van der Waals surface area contributed by atoms with Gasteiger partial charge < -0.3 is 29.9 Å². The predicted molar refractivity (Wildman–Crippen MR) is 127 cm³/mol. The highest BCUT2D eigenvalue weighted by Crippen LogP contribution is 2.30. The third-order valence-electron chi connectivity index (χ3n) is 5.51. The van der Waals surface area contributed by atoms with Gasteiger partial charge in [0.25, 0.3) is 0 Å². The zero-order valence-electron chi connectivity index (χ0n) is 19.3. The normalized spacial score (nSPS) is 16.5. The molecule has 7 heteroatoms. The summed E-state index contributed by atoms with van der Waals surface area (Å²) in [6.45, 7) is 3.53. The van der Waals surface area contributed by atoms with Gasteiger partial charge in [-0.2, -0.15) is 0 Å². The molecule has 1 aliphatic heterocycles. The van der Waals surface area contributed by atoms with Crippen LogP contribution in [0.3, 0.4) is 0 Å². The number of anilines is 1. The maximum atomic E-state index is 5.42. The summed E-state index contributed by atoms with van der Waals surface area (Å²) in [4.78, 5) is 8.97. The highest BCUT2D eigenvalue weighted by Gasteiger charge is 2.24. The fourth-order valence-corrected chi connectivity index (χ4v) is 3.88. The molecule has 2 aromatic carbocycles. The average Bonchev–Trinajstić information content (AvgIpc) is 3.25. The molecule has 31 heavy (non-hydrogen) atoms. The molecular formula is C24H35N5O2. The van der Waals surface area contributed by atoms with Crippen LogP contribution in [0.1, 0.15) is 17.5 Å². The topological polar surface area (TPSA) is 61.4 Å². The highest BCUT2D eigenvalue weighted by atomic mass is 16.5. The van der Waals surface area contributed by atoms with E-state index in [4.69, 9.17) is 9.47 Å². The Bertz CT molecular complexity index is 862. The summed E-state index contributed by atoms with van der Waals surface area (Å²) >= 11 is 0. The number of aliphatic imine (C=N–C) groups is 1. The number of hydrogen-bond acceptors (Lipinski definition) is 5.